The quantitative estimate of drug-likeness (QED) is 0.856. The van der Waals surface area contributed by atoms with Gasteiger partial charge in [0.2, 0.25) is 0 Å². The molecule has 146 valence electrons. The zero-order chi connectivity index (χ0) is 18.6. The Morgan fingerprint density at radius 1 is 1.27 bits per heavy atom. The van der Waals surface area contributed by atoms with Crippen LogP contribution in [0.5, 0.6) is 0 Å². The molecule has 0 radical (unpaired) electrons. The van der Waals surface area contributed by atoms with Crippen LogP contribution in [0, 0.1) is 5.92 Å². The van der Waals surface area contributed by atoms with E-state index in [0.717, 1.165) is 24.6 Å². The van der Waals surface area contributed by atoms with Crippen molar-refractivity contribution in [2.45, 2.75) is 19.0 Å². The number of rotatable bonds is 4. The summed E-state index contributed by atoms with van der Waals surface area (Å²) in [4.78, 5) is 22.1. The first-order valence-electron chi connectivity index (χ1n) is 8.87. The molecule has 3 heterocycles. The van der Waals surface area contributed by atoms with Crippen molar-refractivity contribution < 1.29 is 18.0 Å². The van der Waals surface area contributed by atoms with Crippen LogP contribution in [-0.2, 0) is 0 Å². The van der Waals surface area contributed by atoms with Crippen molar-refractivity contribution >= 4 is 22.5 Å². The first-order chi connectivity index (χ1) is 12.4. The molecule has 1 N–H and O–H groups in total. The summed E-state index contributed by atoms with van der Waals surface area (Å²) >= 11 is 1.59. The third-order valence-corrected chi connectivity index (χ3v) is 5.62. The van der Waals surface area contributed by atoms with Crippen LogP contribution in [0.4, 0.5) is 23.1 Å². The number of carbonyl (C=O) groups excluding carboxylic acids is 1. The molecule has 1 atom stereocenters. The molecule has 0 aromatic carbocycles. The predicted molar refractivity (Wildman–Crippen MR) is 94.5 cm³/mol. The minimum absolute atomic E-state index is 0.0834. The molecule has 3 rings (SSSR count). The fraction of sp³-hybridized carbons (Fsp3) is 0.750. The maximum absolute atomic E-state index is 12.4. The second-order valence-corrected chi connectivity index (χ2v) is 7.71. The Labute approximate surface area is 155 Å². The highest BCUT2D eigenvalue weighted by atomic mass is 32.1. The van der Waals surface area contributed by atoms with Crippen molar-refractivity contribution in [3.05, 3.63) is 11.6 Å². The molecule has 0 aliphatic carbocycles. The molecule has 26 heavy (non-hydrogen) atoms. The zero-order valence-corrected chi connectivity index (χ0v) is 15.4. The summed E-state index contributed by atoms with van der Waals surface area (Å²) in [6.45, 7) is 3.30. The highest BCUT2D eigenvalue weighted by molar-refractivity contribution is 7.13. The topological polar surface area (TPSA) is 51.7 Å². The monoisotopic (exact) mass is 391 g/mol. The fourth-order valence-electron chi connectivity index (χ4n) is 3.50. The molecule has 2 fully saturated rings. The van der Waals surface area contributed by atoms with E-state index in [1.165, 1.54) is 4.90 Å². The molecule has 0 bridgehead atoms. The van der Waals surface area contributed by atoms with E-state index in [2.05, 4.69) is 15.2 Å². The number of thiazole rings is 1. The molecule has 0 spiro atoms. The molecule has 1 aromatic heterocycles. The smallest absolute Gasteiger partial charge is 0.346 e. The van der Waals surface area contributed by atoms with Gasteiger partial charge in [0.1, 0.15) is 0 Å². The second-order valence-electron chi connectivity index (χ2n) is 6.83. The van der Waals surface area contributed by atoms with Crippen LogP contribution in [0.3, 0.4) is 0 Å². The Balaban J connectivity index is 1.40. The van der Waals surface area contributed by atoms with E-state index in [0.29, 0.717) is 39.1 Å². The summed E-state index contributed by atoms with van der Waals surface area (Å²) in [5.41, 5.74) is 0. The number of urea groups is 1. The molecule has 2 saturated heterocycles. The van der Waals surface area contributed by atoms with Crippen molar-refractivity contribution in [1.82, 2.24) is 20.1 Å². The Morgan fingerprint density at radius 3 is 2.85 bits per heavy atom. The molecule has 1 unspecified atom stereocenters. The van der Waals surface area contributed by atoms with Crippen molar-refractivity contribution in [3.8, 4) is 0 Å². The van der Waals surface area contributed by atoms with Gasteiger partial charge in [-0.15, -0.1) is 11.3 Å². The third kappa shape index (κ3) is 5.47. The molecule has 2 aliphatic rings. The number of aromatic nitrogens is 1. The maximum Gasteiger partial charge on any atom is 0.401 e. The van der Waals surface area contributed by atoms with E-state index >= 15 is 0 Å². The lowest BCUT2D eigenvalue weighted by molar-refractivity contribution is -0.143. The molecular weight excluding hydrogens is 367 g/mol. The van der Waals surface area contributed by atoms with Gasteiger partial charge in [-0.2, -0.15) is 13.2 Å². The maximum atomic E-state index is 12.4. The molecule has 2 aliphatic heterocycles. The number of likely N-dealkylation sites (tertiary alicyclic amines) is 1. The Hall–Kier alpha value is -1.55. The largest absolute Gasteiger partial charge is 0.401 e. The van der Waals surface area contributed by atoms with E-state index in [-0.39, 0.29) is 11.9 Å². The molecule has 6 nitrogen and oxygen atoms in total. The first kappa shape index (κ1) is 19.2. The minimum atomic E-state index is -4.16. The molecular formula is C16H24F3N5OS. The average molecular weight is 391 g/mol. The first-order valence-corrected chi connectivity index (χ1v) is 9.75. The fourth-order valence-corrected chi connectivity index (χ4v) is 4.20. The van der Waals surface area contributed by atoms with Crippen LogP contribution in [0.25, 0.3) is 0 Å². The number of amides is 2. The van der Waals surface area contributed by atoms with Crippen LogP contribution in [0.2, 0.25) is 0 Å². The van der Waals surface area contributed by atoms with Gasteiger partial charge in [0, 0.05) is 50.8 Å². The number of halogens is 3. The lowest BCUT2D eigenvalue weighted by Gasteiger charge is -2.23. The standard InChI is InChI=1S/C16H24F3N5OS/c17-16(18,19)12-22-6-2-13(11-22)10-21-14(25)23-4-1-5-24(8-7-23)15-20-3-9-26-15/h3,9,13H,1-2,4-8,10-12H2,(H,21,25). The summed E-state index contributed by atoms with van der Waals surface area (Å²) in [5.74, 6) is 0.0834. The highest BCUT2D eigenvalue weighted by Gasteiger charge is 2.34. The van der Waals surface area contributed by atoms with Gasteiger partial charge < -0.3 is 15.1 Å². The Kier molecular flexibility index (Phi) is 6.23. The Bertz CT molecular complexity index is 583. The number of hydrogen-bond donors (Lipinski definition) is 1. The molecule has 1 aromatic rings. The zero-order valence-electron chi connectivity index (χ0n) is 14.5. The van der Waals surface area contributed by atoms with Crippen LogP contribution in [-0.4, -0.2) is 79.3 Å². The van der Waals surface area contributed by atoms with E-state index in [9.17, 15) is 18.0 Å². The normalized spacial score (nSPS) is 22.5. The molecule has 2 amide bonds. The van der Waals surface area contributed by atoms with Gasteiger partial charge in [-0.25, -0.2) is 9.78 Å². The lowest BCUT2D eigenvalue weighted by Crippen LogP contribution is -2.44. The average Bonchev–Trinajstić information content (AvgIpc) is 3.19. The van der Waals surface area contributed by atoms with Gasteiger partial charge in [-0.05, 0) is 25.3 Å². The number of nitrogens with one attached hydrogen (secondary N) is 1. The van der Waals surface area contributed by atoms with Gasteiger partial charge in [0.25, 0.3) is 0 Å². The van der Waals surface area contributed by atoms with Crippen molar-refractivity contribution in [2.75, 3.05) is 57.3 Å². The van der Waals surface area contributed by atoms with Gasteiger partial charge in [-0.3, -0.25) is 4.90 Å². The highest BCUT2D eigenvalue weighted by Crippen LogP contribution is 2.22. The van der Waals surface area contributed by atoms with Gasteiger partial charge in [0.05, 0.1) is 6.54 Å². The van der Waals surface area contributed by atoms with Crippen molar-refractivity contribution in [1.29, 1.82) is 0 Å². The minimum Gasteiger partial charge on any atom is -0.346 e. The number of hydrogen-bond acceptors (Lipinski definition) is 5. The summed E-state index contributed by atoms with van der Waals surface area (Å²) in [7, 11) is 0. The van der Waals surface area contributed by atoms with Crippen molar-refractivity contribution in [2.24, 2.45) is 5.92 Å². The number of nitrogens with zero attached hydrogens (tertiary/aromatic N) is 4. The predicted octanol–water partition coefficient (Wildman–Crippen LogP) is 2.25. The lowest BCUT2D eigenvalue weighted by atomic mass is 10.1. The number of carbonyl (C=O) groups is 1. The van der Waals surface area contributed by atoms with E-state index < -0.39 is 12.7 Å². The third-order valence-electron chi connectivity index (χ3n) is 4.79. The van der Waals surface area contributed by atoms with E-state index in [1.807, 2.05) is 5.38 Å². The number of alkyl halides is 3. The van der Waals surface area contributed by atoms with Crippen LogP contribution in [0.1, 0.15) is 12.8 Å². The van der Waals surface area contributed by atoms with Crippen LogP contribution < -0.4 is 10.2 Å². The van der Waals surface area contributed by atoms with Crippen molar-refractivity contribution in [3.63, 3.8) is 0 Å². The summed E-state index contributed by atoms with van der Waals surface area (Å²) < 4.78 is 37.3. The summed E-state index contributed by atoms with van der Waals surface area (Å²) in [5, 5.41) is 5.82. The summed E-state index contributed by atoms with van der Waals surface area (Å²) in [6, 6.07) is -0.125. The van der Waals surface area contributed by atoms with Gasteiger partial charge >= 0.3 is 12.2 Å². The van der Waals surface area contributed by atoms with E-state index in [4.69, 9.17) is 0 Å². The van der Waals surface area contributed by atoms with Crippen LogP contribution >= 0.6 is 11.3 Å². The molecule has 10 heteroatoms. The van der Waals surface area contributed by atoms with Gasteiger partial charge in [0.15, 0.2) is 5.13 Å². The SMILES string of the molecule is O=C(NCC1CCN(CC(F)(F)F)C1)N1CCCN(c2nccs2)CC1. The molecule has 0 saturated carbocycles. The van der Waals surface area contributed by atoms with Crippen LogP contribution in [0.15, 0.2) is 11.6 Å². The summed E-state index contributed by atoms with van der Waals surface area (Å²) in [6.07, 6.45) is -0.823. The number of anilines is 1. The van der Waals surface area contributed by atoms with E-state index in [1.54, 1.807) is 22.4 Å². The van der Waals surface area contributed by atoms with Gasteiger partial charge in [-0.1, -0.05) is 0 Å². The Morgan fingerprint density at radius 2 is 2.12 bits per heavy atom. The second kappa shape index (κ2) is 8.43.